The molecule has 2 heterocycles. The number of thiazole rings is 1. The number of nitrogens with one attached hydrogen (secondary N) is 1. The SMILES string of the molecule is O=C(C=Cc1ccccc1)Nc1sc2c(c1-c1nc3ccccc3s1)CCCC2. The summed E-state index contributed by atoms with van der Waals surface area (Å²) in [6, 6.07) is 18.1. The van der Waals surface area contributed by atoms with E-state index in [0.29, 0.717) is 0 Å². The number of nitrogens with zero attached hydrogens (tertiary/aromatic N) is 1. The fourth-order valence-electron chi connectivity index (χ4n) is 3.75. The van der Waals surface area contributed by atoms with Crippen molar-refractivity contribution in [3.63, 3.8) is 0 Å². The number of fused-ring (bicyclic) bond motifs is 2. The molecule has 2 aromatic carbocycles. The zero-order chi connectivity index (χ0) is 19.6. The molecular formula is C24H20N2OS2. The molecule has 0 bridgehead atoms. The predicted molar refractivity (Wildman–Crippen MR) is 124 cm³/mol. The smallest absolute Gasteiger partial charge is 0.249 e. The molecule has 144 valence electrons. The summed E-state index contributed by atoms with van der Waals surface area (Å²) in [5, 5.41) is 5.08. The van der Waals surface area contributed by atoms with Gasteiger partial charge < -0.3 is 5.32 Å². The summed E-state index contributed by atoms with van der Waals surface area (Å²) in [6.45, 7) is 0. The van der Waals surface area contributed by atoms with E-state index in [4.69, 9.17) is 4.98 Å². The number of para-hydroxylation sites is 1. The quantitative estimate of drug-likeness (QED) is 0.383. The Bertz CT molecular complexity index is 1170. The van der Waals surface area contributed by atoms with Crippen molar-refractivity contribution in [2.45, 2.75) is 25.7 Å². The molecule has 0 saturated carbocycles. The lowest BCUT2D eigenvalue weighted by atomic mass is 9.96. The highest BCUT2D eigenvalue weighted by molar-refractivity contribution is 7.22. The van der Waals surface area contributed by atoms with E-state index in [1.54, 1.807) is 28.7 Å². The van der Waals surface area contributed by atoms with Gasteiger partial charge in [0.15, 0.2) is 0 Å². The number of thiophene rings is 1. The second-order valence-electron chi connectivity index (χ2n) is 7.14. The molecule has 3 nitrogen and oxygen atoms in total. The molecular weight excluding hydrogens is 396 g/mol. The third-order valence-electron chi connectivity index (χ3n) is 5.14. The molecule has 0 unspecified atom stereocenters. The van der Waals surface area contributed by atoms with Gasteiger partial charge in [-0.1, -0.05) is 42.5 Å². The first kappa shape index (κ1) is 18.3. The maximum Gasteiger partial charge on any atom is 0.249 e. The van der Waals surface area contributed by atoms with E-state index in [9.17, 15) is 4.79 Å². The van der Waals surface area contributed by atoms with E-state index in [2.05, 4.69) is 17.4 Å². The molecule has 0 aliphatic heterocycles. The average molecular weight is 417 g/mol. The highest BCUT2D eigenvalue weighted by atomic mass is 32.1. The Morgan fingerprint density at radius 1 is 0.966 bits per heavy atom. The van der Waals surface area contributed by atoms with E-state index in [0.717, 1.165) is 39.5 Å². The summed E-state index contributed by atoms with van der Waals surface area (Å²) in [7, 11) is 0. The Morgan fingerprint density at radius 2 is 1.76 bits per heavy atom. The van der Waals surface area contributed by atoms with Crippen LogP contribution in [0.5, 0.6) is 0 Å². The molecule has 4 aromatic rings. The van der Waals surface area contributed by atoms with Gasteiger partial charge in [0, 0.05) is 16.5 Å². The van der Waals surface area contributed by atoms with Crippen molar-refractivity contribution in [2.75, 3.05) is 5.32 Å². The third kappa shape index (κ3) is 3.76. The molecule has 5 rings (SSSR count). The number of carbonyl (C=O) groups excluding carboxylic acids is 1. The molecule has 0 spiro atoms. The lowest BCUT2D eigenvalue weighted by Crippen LogP contribution is -2.07. The summed E-state index contributed by atoms with van der Waals surface area (Å²) >= 11 is 3.42. The summed E-state index contributed by atoms with van der Waals surface area (Å²) in [5.74, 6) is -0.102. The molecule has 1 aliphatic rings. The van der Waals surface area contributed by atoms with E-state index >= 15 is 0 Å². The fraction of sp³-hybridized carbons (Fsp3) is 0.167. The monoisotopic (exact) mass is 416 g/mol. The maximum atomic E-state index is 12.6. The lowest BCUT2D eigenvalue weighted by molar-refractivity contribution is -0.111. The van der Waals surface area contributed by atoms with Gasteiger partial charge in [-0.25, -0.2) is 4.98 Å². The summed E-state index contributed by atoms with van der Waals surface area (Å²) in [5.41, 5.74) is 4.54. The second kappa shape index (κ2) is 7.93. The standard InChI is InChI=1S/C24H20N2OS2/c27-21(15-14-16-8-2-1-3-9-16)26-24-22(17-10-4-6-12-19(17)28-24)23-25-18-11-5-7-13-20(18)29-23/h1-3,5,7-9,11,13-15H,4,6,10,12H2,(H,26,27). The predicted octanol–water partition coefficient (Wildman–Crippen LogP) is 6.56. The minimum absolute atomic E-state index is 0.102. The van der Waals surface area contributed by atoms with Crippen molar-refractivity contribution < 1.29 is 4.79 Å². The van der Waals surface area contributed by atoms with Gasteiger partial charge in [0.05, 0.1) is 10.2 Å². The van der Waals surface area contributed by atoms with E-state index in [1.165, 1.54) is 28.0 Å². The first-order chi connectivity index (χ1) is 14.3. The van der Waals surface area contributed by atoms with Crippen molar-refractivity contribution in [3.05, 3.63) is 76.7 Å². The largest absolute Gasteiger partial charge is 0.313 e. The number of carbonyl (C=O) groups is 1. The Morgan fingerprint density at radius 3 is 2.62 bits per heavy atom. The van der Waals surface area contributed by atoms with Gasteiger partial charge in [-0.3, -0.25) is 4.79 Å². The van der Waals surface area contributed by atoms with Gasteiger partial charge in [0.25, 0.3) is 0 Å². The highest BCUT2D eigenvalue weighted by Gasteiger charge is 2.24. The Hall–Kier alpha value is -2.76. The number of aromatic nitrogens is 1. The molecule has 2 aromatic heterocycles. The molecule has 0 radical (unpaired) electrons. The Labute approximate surface area is 177 Å². The molecule has 0 saturated heterocycles. The van der Waals surface area contributed by atoms with Gasteiger partial charge in [-0.15, -0.1) is 22.7 Å². The molecule has 5 heteroatoms. The van der Waals surface area contributed by atoms with Crippen LogP contribution in [0.3, 0.4) is 0 Å². The number of hydrogen-bond acceptors (Lipinski definition) is 4. The van der Waals surface area contributed by atoms with Crippen LogP contribution >= 0.6 is 22.7 Å². The van der Waals surface area contributed by atoms with Crippen LogP contribution in [0, 0.1) is 0 Å². The normalized spacial score (nSPS) is 13.7. The van der Waals surface area contributed by atoms with Gasteiger partial charge in [0.2, 0.25) is 5.91 Å². The summed E-state index contributed by atoms with van der Waals surface area (Å²) in [6.07, 6.45) is 8.02. The number of aryl methyl sites for hydroxylation is 1. The van der Waals surface area contributed by atoms with Crippen LogP contribution in [-0.4, -0.2) is 10.9 Å². The van der Waals surface area contributed by atoms with Crippen LogP contribution in [0.1, 0.15) is 28.8 Å². The zero-order valence-electron chi connectivity index (χ0n) is 15.9. The van der Waals surface area contributed by atoms with Crippen LogP contribution < -0.4 is 5.32 Å². The first-order valence-electron chi connectivity index (χ1n) is 9.82. The van der Waals surface area contributed by atoms with Gasteiger partial charge in [-0.05, 0) is 55.0 Å². The second-order valence-corrected chi connectivity index (χ2v) is 9.27. The number of anilines is 1. The maximum absolute atomic E-state index is 12.6. The minimum Gasteiger partial charge on any atom is -0.313 e. The first-order valence-corrected chi connectivity index (χ1v) is 11.5. The highest BCUT2D eigenvalue weighted by Crippen LogP contribution is 2.46. The summed E-state index contributed by atoms with van der Waals surface area (Å²) in [4.78, 5) is 18.9. The van der Waals surface area contributed by atoms with E-state index < -0.39 is 0 Å². The van der Waals surface area contributed by atoms with Crippen LogP contribution in [0.25, 0.3) is 26.9 Å². The number of hydrogen-bond donors (Lipinski definition) is 1. The Kier molecular flexibility index (Phi) is 5.00. The number of benzene rings is 2. The van der Waals surface area contributed by atoms with Crippen LogP contribution in [0.15, 0.2) is 60.7 Å². The number of amides is 1. The molecule has 1 N–H and O–H groups in total. The molecule has 29 heavy (non-hydrogen) atoms. The van der Waals surface area contributed by atoms with Gasteiger partial charge in [0.1, 0.15) is 10.0 Å². The van der Waals surface area contributed by atoms with Crippen molar-refractivity contribution >= 4 is 49.9 Å². The third-order valence-corrected chi connectivity index (χ3v) is 7.40. The molecule has 1 aliphatic carbocycles. The molecule has 1 amide bonds. The summed E-state index contributed by atoms with van der Waals surface area (Å²) < 4.78 is 1.18. The lowest BCUT2D eigenvalue weighted by Gasteiger charge is -2.11. The average Bonchev–Trinajstić information content (AvgIpc) is 3.33. The van der Waals surface area contributed by atoms with Crippen LogP contribution in [0.2, 0.25) is 0 Å². The van der Waals surface area contributed by atoms with Crippen LogP contribution in [-0.2, 0) is 17.6 Å². The van der Waals surface area contributed by atoms with Crippen molar-refractivity contribution in [2.24, 2.45) is 0 Å². The van der Waals surface area contributed by atoms with Crippen molar-refractivity contribution in [3.8, 4) is 10.6 Å². The zero-order valence-corrected chi connectivity index (χ0v) is 17.5. The van der Waals surface area contributed by atoms with E-state index in [-0.39, 0.29) is 5.91 Å². The molecule has 0 fully saturated rings. The van der Waals surface area contributed by atoms with E-state index in [1.807, 2.05) is 48.5 Å². The van der Waals surface area contributed by atoms with Crippen molar-refractivity contribution in [1.82, 2.24) is 4.98 Å². The molecule has 0 atom stereocenters. The number of rotatable bonds is 4. The van der Waals surface area contributed by atoms with Crippen molar-refractivity contribution in [1.29, 1.82) is 0 Å². The fourth-order valence-corrected chi connectivity index (χ4v) is 6.15. The van der Waals surface area contributed by atoms with Crippen LogP contribution in [0.4, 0.5) is 5.00 Å². The topological polar surface area (TPSA) is 42.0 Å². The van der Waals surface area contributed by atoms with Gasteiger partial charge >= 0.3 is 0 Å². The Balaban J connectivity index is 1.50. The van der Waals surface area contributed by atoms with Gasteiger partial charge in [-0.2, -0.15) is 0 Å². The minimum atomic E-state index is -0.102.